The van der Waals surface area contributed by atoms with E-state index in [4.69, 9.17) is 0 Å². The average Bonchev–Trinajstić information content (AvgIpc) is 2.66. The Morgan fingerprint density at radius 1 is 1.26 bits per heavy atom. The van der Waals surface area contributed by atoms with Crippen LogP contribution in [0, 0.1) is 0 Å². The maximum Gasteiger partial charge on any atom is 0.211 e. The molecule has 0 spiro atoms. The van der Waals surface area contributed by atoms with Gasteiger partial charge >= 0.3 is 0 Å². The average molecular weight is 303 g/mol. The van der Waals surface area contributed by atoms with Crippen molar-refractivity contribution in [3.63, 3.8) is 0 Å². The van der Waals surface area contributed by atoms with Gasteiger partial charge in [-0.2, -0.15) is 4.31 Å². The second kappa shape index (κ2) is 5.22. The fourth-order valence-electron chi connectivity index (χ4n) is 2.28. The molecule has 7 heteroatoms. The molecule has 1 fully saturated rings. The van der Waals surface area contributed by atoms with E-state index in [2.05, 4.69) is 0 Å². The van der Waals surface area contributed by atoms with Crippen molar-refractivity contribution < 1.29 is 16.8 Å². The zero-order valence-corrected chi connectivity index (χ0v) is 12.3. The normalized spacial score (nSPS) is 22.7. The van der Waals surface area contributed by atoms with Crippen LogP contribution >= 0.6 is 0 Å². The Hall–Kier alpha value is -0.920. The highest BCUT2D eigenvalue weighted by Crippen LogP contribution is 2.22. The summed E-state index contributed by atoms with van der Waals surface area (Å²) in [5, 5.41) is 0. The third kappa shape index (κ3) is 3.77. The minimum absolute atomic E-state index is 0.0679. The molecule has 0 radical (unpaired) electrons. The first-order chi connectivity index (χ1) is 8.78. The van der Waals surface area contributed by atoms with Gasteiger partial charge in [-0.25, -0.2) is 16.8 Å². The summed E-state index contributed by atoms with van der Waals surface area (Å²) in [5.74, 6) is -0.00855. The van der Waals surface area contributed by atoms with Gasteiger partial charge in [-0.3, -0.25) is 0 Å². The molecule has 0 saturated carbocycles. The topological polar surface area (TPSA) is 71.5 Å². The fraction of sp³-hybridized carbons (Fsp3) is 0.500. The Bertz CT molecular complexity index is 638. The molecule has 0 aromatic heterocycles. The van der Waals surface area contributed by atoms with Crippen molar-refractivity contribution in [2.75, 3.05) is 17.8 Å². The van der Waals surface area contributed by atoms with Crippen LogP contribution < -0.4 is 0 Å². The number of sulfonamides is 1. The van der Waals surface area contributed by atoms with E-state index < -0.39 is 25.9 Å². The first-order valence-electron chi connectivity index (χ1n) is 5.99. The number of sulfone groups is 1. The van der Waals surface area contributed by atoms with Crippen LogP contribution in [0.25, 0.3) is 0 Å². The standard InChI is InChI=1S/C12H17NO4S2/c1-18(14,15)13(9-11-5-3-2-4-6-11)12-7-8-19(16,17)10-12/h2-6,12H,7-10H2,1H3. The predicted molar refractivity (Wildman–Crippen MR) is 73.9 cm³/mol. The van der Waals surface area contributed by atoms with Crippen molar-refractivity contribution in [3.8, 4) is 0 Å². The molecule has 1 aromatic rings. The van der Waals surface area contributed by atoms with Gasteiger partial charge in [0.15, 0.2) is 9.84 Å². The number of rotatable bonds is 4. The smallest absolute Gasteiger partial charge is 0.211 e. The molecule has 1 heterocycles. The van der Waals surface area contributed by atoms with Crippen molar-refractivity contribution in [3.05, 3.63) is 35.9 Å². The summed E-state index contributed by atoms with van der Waals surface area (Å²) in [7, 11) is -6.53. The summed E-state index contributed by atoms with van der Waals surface area (Å²) < 4.78 is 48.0. The Morgan fingerprint density at radius 3 is 2.37 bits per heavy atom. The highest BCUT2D eigenvalue weighted by molar-refractivity contribution is 7.92. The second-order valence-corrected chi connectivity index (χ2v) is 9.01. The highest BCUT2D eigenvalue weighted by atomic mass is 32.2. The molecule has 0 aliphatic carbocycles. The fourth-order valence-corrected chi connectivity index (χ4v) is 5.21. The van der Waals surface area contributed by atoms with Gasteiger partial charge in [0, 0.05) is 12.6 Å². The maximum absolute atomic E-state index is 11.9. The van der Waals surface area contributed by atoms with E-state index in [1.54, 1.807) is 0 Å². The van der Waals surface area contributed by atoms with Crippen LogP contribution in [0.4, 0.5) is 0 Å². The van der Waals surface area contributed by atoms with Gasteiger partial charge in [-0.1, -0.05) is 30.3 Å². The van der Waals surface area contributed by atoms with Gasteiger partial charge in [0.05, 0.1) is 17.8 Å². The van der Waals surface area contributed by atoms with Crippen molar-refractivity contribution in [1.82, 2.24) is 4.31 Å². The molecule has 19 heavy (non-hydrogen) atoms. The maximum atomic E-state index is 11.9. The van der Waals surface area contributed by atoms with Gasteiger partial charge in [-0.15, -0.1) is 0 Å². The Balaban J connectivity index is 2.24. The molecule has 1 aliphatic heterocycles. The third-order valence-electron chi connectivity index (χ3n) is 3.22. The van der Waals surface area contributed by atoms with Crippen LogP contribution in [0.5, 0.6) is 0 Å². The summed E-state index contributed by atoms with van der Waals surface area (Å²) in [6.45, 7) is 0.222. The first-order valence-corrected chi connectivity index (χ1v) is 9.66. The van der Waals surface area contributed by atoms with Crippen molar-refractivity contribution in [2.45, 2.75) is 19.0 Å². The van der Waals surface area contributed by atoms with Crippen LogP contribution in [0.3, 0.4) is 0 Å². The Labute approximate surface area is 114 Å². The minimum Gasteiger partial charge on any atom is -0.229 e. The summed E-state index contributed by atoms with van der Waals surface area (Å²) in [5.41, 5.74) is 0.859. The lowest BCUT2D eigenvalue weighted by Gasteiger charge is -2.25. The van der Waals surface area contributed by atoms with E-state index in [0.29, 0.717) is 6.42 Å². The molecular weight excluding hydrogens is 286 g/mol. The molecule has 2 rings (SSSR count). The molecule has 0 N–H and O–H groups in total. The molecule has 1 aromatic carbocycles. The summed E-state index contributed by atoms with van der Waals surface area (Å²) in [4.78, 5) is 0. The van der Waals surface area contributed by atoms with Crippen molar-refractivity contribution in [1.29, 1.82) is 0 Å². The molecular formula is C12H17NO4S2. The SMILES string of the molecule is CS(=O)(=O)N(Cc1ccccc1)C1CCS(=O)(=O)C1. The molecule has 5 nitrogen and oxygen atoms in total. The lowest BCUT2D eigenvalue weighted by molar-refractivity contribution is 0.337. The zero-order valence-electron chi connectivity index (χ0n) is 10.7. The van der Waals surface area contributed by atoms with Gasteiger partial charge < -0.3 is 0 Å². The monoisotopic (exact) mass is 303 g/mol. The molecule has 1 atom stereocenters. The largest absolute Gasteiger partial charge is 0.229 e. The van der Waals surface area contributed by atoms with Crippen LogP contribution in [-0.2, 0) is 26.4 Å². The minimum atomic E-state index is -3.43. The van der Waals surface area contributed by atoms with E-state index in [9.17, 15) is 16.8 Å². The van der Waals surface area contributed by atoms with Crippen molar-refractivity contribution >= 4 is 19.9 Å². The summed E-state index contributed by atoms with van der Waals surface area (Å²) in [6, 6.07) is 8.75. The van der Waals surface area contributed by atoms with Gasteiger partial charge in [0.1, 0.15) is 0 Å². The van der Waals surface area contributed by atoms with E-state index in [1.165, 1.54) is 4.31 Å². The zero-order chi connectivity index (χ0) is 14.1. The highest BCUT2D eigenvalue weighted by Gasteiger charge is 2.36. The van der Waals surface area contributed by atoms with E-state index >= 15 is 0 Å². The summed E-state index contributed by atoms with van der Waals surface area (Å²) >= 11 is 0. The van der Waals surface area contributed by atoms with Crippen molar-refractivity contribution in [2.24, 2.45) is 0 Å². The lowest BCUT2D eigenvalue weighted by atomic mass is 10.2. The van der Waals surface area contributed by atoms with E-state index in [-0.39, 0.29) is 18.1 Å². The molecule has 1 aliphatic rings. The Kier molecular flexibility index (Phi) is 3.98. The third-order valence-corrected chi connectivity index (χ3v) is 6.25. The van der Waals surface area contributed by atoms with Gasteiger partial charge in [0.2, 0.25) is 10.0 Å². The predicted octanol–water partition coefficient (Wildman–Crippen LogP) is 0.635. The molecule has 1 saturated heterocycles. The van der Waals surface area contributed by atoms with Gasteiger partial charge in [-0.05, 0) is 12.0 Å². The molecule has 0 amide bonds. The quantitative estimate of drug-likeness (QED) is 0.818. The number of hydrogen-bond donors (Lipinski definition) is 0. The number of hydrogen-bond acceptors (Lipinski definition) is 4. The summed E-state index contributed by atoms with van der Waals surface area (Å²) in [6.07, 6.45) is 1.50. The molecule has 106 valence electrons. The van der Waals surface area contributed by atoms with Crippen LogP contribution in [-0.4, -0.2) is 44.9 Å². The van der Waals surface area contributed by atoms with E-state index in [1.807, 2.05) is 30.3 Å². The van der Waals surface area contributed by atoms with Crippen LogP contribution in [0.1, 0.15) is 12.0 Å². The Morgan fingerprint density at radius 2 is 1.89 bits per heavy atom. The second-order valence-electron chi connectivity index (χ2n) is 4.85. The molecule has 1 unspecified atom stereocenters. The van der Waals surface area contributed by atoms with Crippen LogP contribution in [0.2, 0.25) is 0 Å². The molecule has 0 bridgehead atoms. The van der Waals surface area contributed by atoms with E-state index in [0.717, 1.165) is 11.8 Å². The first kappa shape index (κ1) is 14.5. The van der Waals surface area contributed by atoms with Gasteiger partial charge in [0.25, 0.3) is 0 Å². The lowest BCUT2D eigenvalue weighted by Crippen LogP contribution is -2.39. The number of nitrogens with zero attached hydrogens (tertiary/aromatic N) is 1. The van der Waals surface area contributed by atoms with Crippen LogP contribution in [0.15, 0.2) is 30.3 Å². The number of benzene rings is 1.